The molecule has 0 amide bonds. The van der Waals surface area contributed by atoms with Crippen LogP contribution in [-0.4, -0.2) is 26.7 Å². The van der Waals surface area contributed by atoms with E-state index in [1.165, 1.54) is 0 Å². The van der Waals surface area contributed by atoms with E-state index in [0.29, 0.717) is 34.8 Å². The number of hydrogen-bond acceptors (Lipinski definition) is 6. The van der Waals surface area contributed by atoms with Gasteiger partial charge in [-0.2, -0.15) is 16.3 Å². The molecule has 120 valence electrons. The monoisotopic (exact) mass is 368 g/mol. The lowest BCUT2D eigenvalue weighted by atomic mass is 10.3. The summed E-state index contributed by atoms with van der Waals surface area (Å²) in [5.74, 6) is 2.14. The van der Waals surface area contributed by atoms with Gasteiger partial charge in [-0.1, -0.05) is 22.8 Å². The van der Waals surface area contributed by atoms with Crippen LogP contribution in [-0.2, 0) is 16.6 Å². The zero-order chi connectivity index (χ0) is 16.1. The lowest BCUT2D eigenvalue weighted by molar-refractivity contribution is 0.342. The molecular weight excluding hydrogens is 356 g/mol. The molecule has 1 atom stereocenters. The Balaban J connectivity index is 1.48. The molecule has 2 heterocycles. The minimum Gasteiger partial charge on any atom is -0.493 e. The molecule has 0 saturated heterocycles. The van der Waals surface area contributed by atoms with Crippen LogP contribution < -0.4 is 4.74 Å². The minimum atomic E-state index is -1.14. The summed E-state index contributed by atoms with van der Waals surface area (Å²) in [6.07, 6.45) is 0. The van der Waals surface area contributed by atoms with Crippen molar-refractivity contribution < 1.29 is 13.5 Å². The number of nitrogens with zero attached hydrogens (tertiary/aromatic N) is 2. The summed E-state index contributed by atoms with van der Waals surface area (Å²) in [6.45, 7) is 0.332. The summed E-state index contributed by atoms with van der Waals surface area (Å²) in [5.41, 5.74) is 0.903. The first-order valence-electron chi connectivity index (χ1n) is 6.79. The third-order valence-corrected chi connectivity index (χ3v) is 5.02. The molecule has 2 aromatic heterocycles. The van der Waals surface area contributed by atoms with Crippen molar-refractivity contribution in [3.63, 3.8) is 0 Å². The molecule has 0 spiro atoms. The van der Waals surface area contributed by atoms with E-state index in [1.807, 2.05) is 16.8 Å². The van der Waals surface area contributed by atoms with Crippen LogP contribution in [0.15, 0.2) is 45.6 Å². The van der Waals surface area contributed by atoms with Gasteiger partial charge >= 0.3 is 0 Å². The third kappa shape index (κ3) is 4.63. The number of rotatable bonds is 7. The molecule has 1 aromatic carbocycles. The Morgan fingerprint density at radius 1 is 1.35 bits per heavy atom. The van der Waals surface area contributed by atoms with Crippen molar-refractivity contribution >= 4 is 33.7 Å². The Morgan fingerprint density at radius 2 is 2.26 bits per heavy atom. The van der Waals surface area contributed by atoms with Crippen molar-refractivity contribution in [2.24, 2.45) is 0 Å². The highest BCUT2D eigenvalue weighted by Gasteiger charge is 2.12. The molecule has 23 heavy (non-hydrogen) atoms. The standard InChI is InChI=1S/C15H13ClN2O3S2/c16-12-2-1-3-13(8-12)20-5-7-23(19)10-14-17-15(18-21-14)11-4-6-22-9-11/h1-4,6,8-9H,5,7,10H2. The van der Waals surface area contributed by atoms with Gasteiger partial charge in [0.1, 0.15) is 11.5 Å². The first-order valence-corrected chi connectivity index (χ1v) is 9.60. The summed E-state index contributed by atoms with van der Waals surface area (Å²) in [5, 5.41) is 8.37. The van der Waals surface area contributed by atoms with Gasteiger partial charge in [-0.15, -0.1) is 0 Å². The van der Waals surface area contributed by atoms with Gasteiger partial charge in [0.05, 0.1) is 12.4 Å². The molecule has 0 bridgehead atoms. The van der Waals surface area contributed by atoms with Crippen molar-refractivity contribution in [2.45, 2.75) is 5.75 Å². The van der Waals surface area contributed by atoms with Gasteiger partial charge in [-0.3, -0.25) is 4.21 Å². The van der Waals surface area contributed by atoms with Gasteiger partial charge in [0, 0.05) is 26.8 Å². The van der Waals surface area contributed by atoms with Crippen LogP contribution in [0.2, 0.25) is 5.02 Å². The summed E-state index contributed by atoms with van der Waals surface area (Å²) < 4.78 is 22.7. The molecule has 0 radical (unpaired) electrons. The van der Waals surface area contributed by atoms with Crippen molar-refractivity contribution in [2.75, 3.05) is 12.4 Å². The van der Waals surface area contributed by atoms with E-state index in [2.05, 4.69) is 10.1 Å². The molecule has 0 N–H and O–H groups in total. The van der Waals surface area contributed by atoms with Gasteiger partial charge in [0.2, 0.25) is 11.7 Å². The SMILES string of the molecule is O=S(CCOc1cccc(Cl)c1)Cc1nc(-c2ccsc2)no1. The number of aromatic nitrogens is 2. The van der Waals surface area contributed by atoms with E-state index in [9.17, 15) is 4.21 Å². The third-order valence-electron chi connectivity index (χ3n) is 2.91. The number of thiophene rings is 1. The van der Waals surface area contributed by atoms with Gasteiger partial charge in [0.25, 0.3) is 0 Å². The zero-order valence-electron chi connectivity index (χ0n) is 12.0. The molecule has 0 aliphatic heterocycles. The van der Waals surface area contributed by atoms with Crippen LogP contribution in [0.4, 0.5) is 0 Å². The summed E-state index contributed by atoms with van der Waals surface area (Å²) in [7, 11) is -1.14. The molecule has 0 aliphatic rings. The van der Waals surface area contributed by atoms with E-state index < -0.39 is 10.8 Å². The van der Waals surface area contributed by atoms with Gasteiger partial charge < -0.3 is 9.26 Å². The van der Waals surface area contributed by atoms with Crippen molar-refractivity contribution in [1.29, 1.82) is 0 Å². The molecule has 3 aromatic rings. The summed E-state index contributed by atoms with van der Waals surface area (Å²) >= 11 is 7.43. The normalized spacial score (nSPS) is 12.2. The number of hydrogen-bond donors (Lipinski definition) is 0. The van der Waals surface area contributed by atoms with Crippen LogP contribution in [0.25, 0.3) is 11.4 Å². The quantitative estimate of drug-likeness (QED) is 0.635. The van der Waals surface area contributed by atoms with E-state index in [0.717, 1.165) is 5.56 Å². The predicted molar refractivity (Wildman–Crippen MR) is 91.3 cm³/mol. The maximum Gasteiger partial charge on any atom is 0.239 e. The zero-order valence-corrected chi connectivity index (χ0v) is 14.4. The summed E-state index contributed by atoms with van der Waals surface area (Å²) in [6, 6.07) is 9.01. The predicted octanol–water partition coefficient (Wildman–Crippen LogP) is 3.78. The Kier molecular flexibility index (Phi) is 5.43. The highest BCUT2D eigenvalue weighted by atomic mass is 35.5. The van der Waals surface area contributed by atoms with Crippen molar-refractivity contribution in [3.8, 4) is 17.1 Å². The fraction of sp³-hybridized carbons (Fsp3) is 0.200. The fourth-order valence-electron chi connectivity index (χ4n) is 1.84. The second kappa shape index (κ2) is 7.72. The maximum absolute atomic E-state index is 12.0. The Morgan fingerprint density at radius 3 is 3.04 bits per heavy atom. The lowest BCUT2D eigenvalue weighted by Crippen LogP contribution is -2.10. The van der Waals surface area contributed by atoms with Crippen molar-refractivity contribution in [1.82, 2.24) is 10.1 Å². The smallest absolute Gasteiger partial charge is 0.239 e. The molecule has 0 aliphatic carbocycles. The van der Waals surface area contributed by atoms with Gasteiger partial charge in [-0.05, 0) is 29.6 Å². The van der Waals surface area contributed by atoms with E-state index in [4.69, 9.17) is 20.9 Å². The van der Waals surface area contributed by atoms with Gasteiger partial charge in [-0.25, -0.2) is 0 Å². The van der Waals surface area contributed by atoms with Crippen LogP contribution in [0.5, 0.6) is 5.75 Å². The Labute approximate surface area is 144 Å². The van der Waals surface area contributed by atoms with E-state index >= 15 is 0 Å². The van der Waals surface area contributed by atoms with Crippen molar-refractivity contribution in [3.05, 3.63) is 52.0 Å². The van der Waals surface area contributed by atoms with E-state index in [-0.39, 0.29) is 5.75 Å². The van der Waals surface area contributed by atoms with Crippen LogP contribution in [0.3, 0.4) is 0 Å². The number of benzene rings is 1. The molecular formula is C15H13ClN2O3S2. The highest BCUT2D eigenvalue weighted by molar-refractivity contribution is 7.84. The van der Waals surface area contributed by atoms with E-state index in [1.54, 1.807) is 35.6 Å². The first kappa shape index (κ1) is 16.2. The fourth-order valence-corrected chi connectivity index (χ4v) is 3.46. The van der Waals surface area contributed by atoms with Crippen LogP contribution in [0, 0.1) is 0 Å². The lowest BCUT2D eigenvalue weighted by Gasteiger charge is -2.05. The average molecular weight is 369 g/mol. The molecule has 0 saturated carbocycles. The molecule has 0 fully saturated rings. The maximum atomic E-state index is 12.0. The topological polar surface area (TPSA) is 65.2 Å². The minimum absolute atomic E-state index is 0.218. The second-order valence-electron chi connectivity index (χ2n) is 4.62. The highest BCUT2D eigenvalue weighted by Crippen LogP contribution is 2.19. The van der Waals surface area contributed by atoms with Gasteiger partial charge in [0.15, 0.2) is 0 Å². The Hall–Kier alpha value is -1.70. The number of ether oxygens (including phenoxy) is 1. The molecule has 3 rings (SSSR count). The average Bonchev–Trinajstić information content (AvgIpc) is 3.18. The number of halogens is 1. The Bertz CT molecular complexity index is 790. The largest absolute Gasteiger partial charge is 0.493 e. The van der Waals surface area contributed by atoms with Crippen LogP contribution in [0.1, 0.15) is 5.89 Å². The second-order valence-corrected chi connectivity index (χ2v) is 7.41. The summed E-state index contributed by atoms with van der Waals surface area (Å²) in [4.78, 5) is 4.25. The van der Waals surface area contributed by atoms with Crippen LogP contribution >= 0.6 is 22.9 Å². The molecule has 5 nitrogen and oxygen atoms in total. The molecule has 1 unspecified atom stereocenters. The first-order chi connectivity index (χ1) is 11.2. The molecule has 8 heteroatoms.